The molecule has 0 radical (unpaired) electrons. The Kier molecular flexibility index (Phi) is 5.56. The highest BCUT2D eigenvalue weighted by Gasteiger charge is 2.16. The second-order valence-corrected chi connectivity index (χ2v) is 5.28. The molecule has 0 saturated carbocycles. The van der Waals surface area contributed by atoms with Gasteiger partial charge in [-0.25, -0.2) is 4.98 Å². The lowest BCUT2D eigenvalue weighted by atomic mass is 10.1. The standard InChI is InChI=1S/C15H21ClN4/c1-3-8-17-13(15-12(16)5-4-9-19-15)6-7-14-18-10-11-20(14)2/h4-5,9-11,13,17H,3,6-8H2,1-2H3. The first-order chi connectivity index (χ1) is 9.72. The SMILES string of the molecule is CCCNC(CCc1nccn1C)c1ncccc1Cl. The predicted octanol–water partition coefficient (Wildman–Crippen LogP) is 3.14. The summed E-state index contributed by atoms with van der Waals surface area (Å²) in [5.74, 6) is 1.08. The summed E-state index contributed by atoms with van der Waals surface area (Å²) in [6.07, 6.45) is 8.51. The fourth-order valence-electron chi connectivity index (χ4n) is 2.22. The summed E-state index contributed by atoms with van der Waals surface area (Å²) < 4.78 is 2.05. The van der Waals surface area contributed by atoms with E-state index in [4.69, 9.17) is 11.6 Å². The molecule has 2 heterocycles. The van der Waals surface area contributed by atoms with Gasteiger partial charge in [0.25, 0.3) is 0 Å². The summed E-state index contributed by atoms with van der Waals surface area (Å²) in [4.78, 5) is 8.80. The highest BCUT2D eigenvalue weighted by atomic mass is 35.5. The summed E-state index contributed by atoms with van der Waals surface area (Å²) in [6, 6.07) is 3.92. The van der Waals surface area contributed by atoms with E-state index in [0.717, 1.165) is 42.3 Å². The smallest absolute Gasteiger partial charge is 0.108 e. The van der Waals surface area contributed by atoms with Crippen LogP contribution in [0.5, 0.6) is 0 Å². The van der Waals surface area contributed by atoms with E-state index in [0.29, 0.717) is 0 Å². The molecule has 108 valence electrons. The van der Waals surface area contributed by atoms with Crippen LogP contribution in [0.15, 0.2) is 30.7 Å². The molecule has 1 N–H and O–H groups in total. The van der Waals surface area contributed by atoms with Crippen LogP contribution in [0.4, 0.5) is 0 Å². The van der Waals surface area contributed by atoms with E-state index in [1.807, 2.05) is 31.6 Å². The monoisotopic (exact) mass is 292 g/mol. The van der Waals surface area contributed by atoms with E-state index in [1.165, 1.54) is 0 Å². The van der Waals surface area contributed by atoms with Crippen molar-refractivity contribution in [2.45, 2.75) is 32.2 Å². The Balaban J connectivity index is 2.08. The maximum atomic E-state index is 6.27. The number of nitrogens with zero attached hydrogens (tertiary/aromatic N) is 3. The second kappa shape index (κ2) is 7.41. The van der Waals surface area contributed by atoms with Gasteiger partial charge in [-0.1, -0.05) is 18.5 Å². The Morgan fingerprint density at radius 3 is 2.85 bits per heavy atom. The minimum atomic E-state index is 0.167. The van der Waals surface area contributed by atoms with Gasteiger partial charge in [-0.15, -0.1) is 0 Å². The summed E-state index contributed by atoms with van der Waals surface area (Å²) in [5.41, 5.74) is 0.928. The van der Waals surface area contributed by atoms with Gasteiger partial charge < -0.3 is 9.88 Å². The predicted molar refractivity (Wildman–Crippen MR) is 81.8 cm³/mol. The maximum absolute atomic E-state index is 6.27. The lowest BCUT2D eigenvalue weighted by Crippen LogP contribution is -2.24. The van der Waals surface area contributed by atoms with E-state index in [2.05, 4.69) is 26.8 Å². The van der Waals surface area contributed by atoms with Gasteiger partial charge >= 0.3 is 0 Å². The molecule has 5 heteroatoms. The third kappa shape index (κ3) is 3.81. The number of aryl methyl sites for hydroxylation is 2. The molecule has 0 amide bonds. The van der Waals surface area contributed by atoms with Gasteiger partial charge in [-0.3, -0.25) is 4.98 Å². The van der Waals surface area contributed by atoms with E-state index >= 15 is 0 Å². The first-order valence-electron chi connectivity index (χ1n) is 7.02. The molecule has 2 aromatic heterocycles. The van der Waals surface area contributed by atoms with Crippen molar-refractivity contribution in [1.82, 2.24) is 19.9 Å². The molecule has 0 aromatic carbocycles. The molecule has 2 rings (SSSR count). The van der Waals surface area contributed by atoms with Gasteiger partial charge in [-0.05, 0) is 31.5 Å². The van der Waals surface area contributed by atoms with Crippen LogP contribution in [0.25, 0.3) is 0 Å². The Morgan fingerprint density at radius 1 is 1.35 bits per heavy atom. The molecule has 2 aromatic rings. The van der Waals surface area contributed by atoms with Crippen molar-refractivity contribution in [3.63, 3.8) is 0 Å². The van der Waals surface area contributed by atoms with Gasteiger partial charge in [0.2, 0.25) is 0 Å². The van der Waals surface area contributed by atoms with Crippen LogP contribution in [0.2, 0.25) is 5.02 Å². The fourth-order valence-corrected chi connectivity index (χ4v) is 2.47. The minimum Gasteiger partial charge on any atom is -0.338 e. The Bertz CT molecular complexity index is 538. The quantitative estimate of drug-likeness (QED) is 0.852. The molecular formula is C15H21ClN4. The zero-order valence-electron chi connectivity index (χ0n) is 12.0. The third-order valence-electron chi connectivity index (χ3n) is 3.34. The second-order valence-electron chi connectivity index (χ2n) is 4.87. The van der Waals surface area contributed by atoms with Gasteiger partial charge in [0.15, 0.2) is 0 Å². The highest BCUT2D eigenvalue weighted by molar-refractivity contribution is 6.31. The lowest BCUT2D eigenvalue weighted by molar-refractivity contribution is 0.481. The van der Waals surface area contributed by atoms with E-state index in [-0.39, 0.29) is 6.04 Å². The minimum absolute atomic E-state index is 0.167. The maximum Gasteiger partial charge on any atom is 0.108 e. The summed E-state index contributed by atoms with van der Waals surface area (Å²) >= 11 is 6.27. The number of halogens is 1. The number of hydrogen-bond donors (Lipinski definition) is 1. The van der Waals surface area contributed by atoms with Crippen molar-refractivity contribution in [2.24, 2.45) is 7.05 Å². The highest BCUT2D eigenvalue weighted by Crippen LogP contribution is 2.24. The number of hydrogen-bond acceptors (Lipinski definition) is 3. The topological polar surface area (TPSA) is 42.7 Å². The first kappa shape index (κ1) is 15.0. The number of aromatic nitrogens is 3. The number of nitrogens with one attached hydrogen (secondary N) is 1. The molecule has 0 saturated heterocycles. The molecule has 1 unspecified atom stereocenters. The van der Waals surface area contributed by atoms with Crippen LogP contribution in [0.3, 0.4) is 0 Å². The van der Waals surface area contributed by atoms with E-state index in [9.17, 15) is 0 Å². The summed E-state index contributed by atoms with van der Waals surface area (Å²) in [7, 11) is 2.02. The van der Waals surface area contributed by atoms with Crippen molar-refractivity contribution < 1.29 is 0 Å². The molecule has 0 fully saturated rings. The Hall–Kier alpha value is -1.39. The Labute approximate surface area is 125 Å². The van der Waals surface area contributed by atoms with Crippen LogP contribution in [-0.2, 0) is 13.5 Å². The van der Waals surface area contributed by atoms with Gasteiger partial charge in [0, 0.05) is 32.1 Å². The van der Waals surface area contributed by atoms with Crippen LogP contribution in [0, 0.1) is 0 Å². The molecule has 0 bridgehead atoms. The molecule has 0 aliphatic heterocycles. The molecule has 20 heavy (non-hydrogen) atoms. The zero-order chi connectivity index (χ0) is 14.4. The molecule has 0 spiro atoms. The van der Waals surface area contributed by atoms with Crippen molar-refractivity contribution in [3.8, 4) is 0 Å². The molecule has 4 nitrogen and oxygen atoms in total. The van der Waals surface area contributed by atoms with E-state index < -0.39 is 0 Å². The largest absolute Gasteiger partial charge is 0.338 e. The molecule has 1 atom stereocenters. The van der Waals surface area contributed by atoms with Crippen LogP contribution >= 0.6 is 11.6 Å². The number of pyridine rings is 1. The first-order valence-corrected chi connectivity index (χ1v) is 7.40. The van der Waals surface area contributed by atoms with Crippen LogP contribution < -0.4 is 5.32 Å². The molecule has 0 aliphatic rings. The van der Waals surface area contributed by atoms with Crippen molar-refractivity contribution in [2.75, 3.05) is 6.54 Å². The van der Waals surface area contributed by atoms with Gasteiger partial charge in [0.1, 0.15) is 5.82 Å². The van der Waals surface area contributed by atoms with E-state index in [1.54, 1.807) is 6.20 Å². The molecular weight excluding hydrogens is 272 g/mol. The normalized spacial score (nSPS) is 12.6. The molecule has 0 aliphatic carbocycles. The zero-order valence-corrected chi connectivity index (χ0v) is 12.8. The third-order valence-corrected chi connectivity index (χ3v) is 3.65. The summed E-state index contributed by atoms with van der Waals surface area (Å²) in [6.45, 7) is 3.11. The van der Waals surface area contributed by atoms with Gasteiger partial charge in [-0.2, -0.15) is 0 Å². The average molecular weight is 293 g/mol. The lowest BCUT2D eigenvalue weighted by Gasteiger charge is -2.19. The number of imidazole rings is 1. The van der Waals surface area contributed by atoms with Crippen molar-refractivity contribution in [3.05, 3.63) is 47.3 Å². The van der Waals surface area contributed by atoms with Crippen molar-refractivity contribution >= 4 is 11.6 Å². The van der Waals surface area contributed by atoms with Crippen LogP contribution in [0.1, 0.15) is 37.3 Å². The number of rotatable bonds is 7. The van der Waals surface area contributed by atoms with Gasteiger partial charge in [0.05, 0.1) is 16.8 Å². The Morgan fingerprint density at radius 2 is 2.20 bits per heavy atom. The van der Waals surface area contributed by atoms with Crippen molar-refractivity contribution in [1.29, 1.82) is 0 Å². The average Bonchev–Trinajstić information content (AvgIpc) is 2.86. The fraction of sp³-hybridized carbons (Fsp3) is 0.467. The van der Waals surface area contributed by atoms with Crippen LogP contribution in [-0.4, -0.2) is 21.1 Å². The summed E-state index contributed by atoms with van der Waals surface area (Å²) in [5, 5.41) is 4.25.